The molecule has 1 aromatic rings. The lowest BCUT2D eigenvalue weighted by Crippen LogP contribution is -2.37. The van der Waals surface area contributed by atoms with Crippen molar-refractivity contribution >= 4 is 11.9 Å². The van der Waals surface area contributed by atoms with E-state index in [1.54, 1.807) is 17.8 Å². The topological polar surface area (TPSA) is 73.2 Å². The van der Waals surface area contributed by atoms with Crippen LogP contribution in [0.1, 0.15) is 31.7 Å². The first-order chi connectivity index (χ1) is 8.65. The van der Waals surface area contributed by atoms with Crippen molar-refractivity contribution in [2.45, 2.75) is 38.8 Å². The van der Waals surface area contributed by atoms with Crippen molar-refractivity contribution in [1.82, 2.24) is 15.1 Å². The number of aromatic nitrogens is 2. The summed E-state index contributed by atoms with van der Waals surface area (Å²) in [5, 5.41) is 6.83. The van der Waals surface area contributed by atoms with Crippen LogP contribution in [0.2, 0.25) is 0 Å². The van der Waals surface area contributed by atoms with Crippen LogP contribution >= 0.6 is 0 Å². The number of amides is 1. The van der Waals surface area contributed by atoms with Gasteiger partial charge in [-0.05, 0) is 19.4 Å². The maximum absolute atomic E-state index is 11.8. The first-order valence-electron chi connectivity index (χ1n) is 6.14. The van der Waals surface area contributed by atoms with Crippen LogP contribution in [0.3, 0.4) is 0 Å². The number of esters is 1. The third-order valence-electron chi connectivity index (χ3n) is 3.07. The molecule has 1 saturated heterocycles. The van der Waals surface area contributed by atoms with Gasteiger partial charge in [0.2, 0.25) is 5.91 Å². The Labute approximate surface area is 105 Å². The van der Waals surface area contributed by atoms with Crippen molar-refractivity contribution in [3.63, 3.8) is 0 Å². The Bertz CT molecular complexity index is 455. The molecule has 2 unspecified atom stereocenters. The summed E-state index contributed by atoms with van der Waals surface area (Å²) in [5.41, 5.74) is 0.897. The lowest BCUT2D eigenvalue weighted by molar-refractivity contribution is -0.146. The standard InChI is InChI=1S/C12H17N3O3/c1-3-15-7-8(6-13-15)9-5-10(16)14-11(9)12(17)18-4-2/h6-7,9,11H,3-5H2,1-2H3,(H,14,16). The minimum atomic E-state index is -0.591. The van der Waals surface area contributed by atoms with Crippen molar-refractivity contribution < 1.29 is 14.3 Å². The van der Waals surface area contributed by atoms with E-state index in [1.807, 2.05) is 13.1 Å². The first kappa shape index (κ1) is 12.6. The van der Waals surface area contributed by atoms with E-state index in [0.717, 1.165) is 12.1 Å². The van der Waals surface area contributed by atoms with E-state index in [2.05, 4.69) is 10.4 Å². The average Bonchev–Trinajstić information content (AvgIpc) is 2.95. The predicted octanol–water partition coefficient (Wildman–Crippen LogP) is 0.438. The van der Waals surface area contributed by atoms with E-state index >= 15 is 0 Å². The number of nitrogens with one attached hydrogen (secondary N) is 1. The Morgan fingerprint density at radius 3 is 3.00 bits per heavy atom. The predicted molar refractivity (Wildman–Crippen MR) is 63.8 cm³/mol. The van der Waals surface area contributed by atoms with Crippen LogP contribution in [0, 0.1) is 0 Å². The maximum atomic E-state index is 11.8. The van der Waals surface area contributed by atoms with Gasteiger partial charge in [-0.15, -0.1) is 0 Å². The van der Waals surface area contributed by atoms with Gasteiger partial charge in [0.15, 0.2) is 0 Å². The molecular formula is C12H17N3O3. The normalized spacial score (nSPS) is 22.9. The van der Waals surface area contributed by atoms with Crippen LogP contribution in [-0.4, -0.2) is 34.3 Å². The summed E-state index contributed by atoms with van der Waals surface area (Å²) in [5.74, 6) is -0.684. The van der Waals surface area contributed by atoms with Gasteiger partial charge in [0, 0.05) is 25.1 Å². The second-order valence-corrected chi connectivity index (χ2v) is 4.24. The molecule has 1 N–H and O–H groups in total. The molecule has 6 heteroatoms. The highest BCUT2D eigenvalue weighted by Gasteiger charge is 2.39. The quantitative estimate of drug-likeness (QED) is 0.788. The summed E-state index contributed by atoms with van der Waals surface area (Å²) >= 11 is 0. The Hall–Kier alpha value is -1.85. The van der Waals surface area contributed by atoms with E-state index in [-0.39, 0.29) is 17.8 Å². The molecule has 0 saturated carbocycles. The molecule has 0 aliphatic carbocycles. The van der Waals surface area contributed by atoms with Crippen LogP contribution in [-0.2, 0) is 20.9 Å². The number of carbonyl (C=O) groups excluding carboxylic acids is 2. The summed E-state index contributed by atoms with van der Waals surface area (Å²) in [6.07, 6.45) is 3.89. The molecule has 2 atom stereocenters. The summed E-state index contributed by atoms with van der Waals surface area (Å²) in [6.45, 7) is 4.81. The molecular weight excluding hydrogens is 234 g/mol. The van der Waals surface area contributed by atoms with Crippen molar-refractivity contribution in [1.29, 1.82) is 0 Å². The number of hydrogen-bond donors (Lipinski definition) is 1. The van der Waals surface area contributed by atoms with Crippen molar-refractivity contribution in [2.24, 2.45) is 0 Å². The highest BCUT2D eigenvalue weighted by molar-refractivity contribution is 5.90. The van der Waals surface area contributed by atoms with E-state index in [0.29, 0.717) is 13.0 Å². The molecule has 1 aliphatic heterocycles. The van der Waals surface area contributed by atoms with Gasteiger partial charge in [0.1, 0.15) is 6.04 Å². The third-order valence-corrected chi connectivity index (χ3v) is 3.07. The van der Waals surface area contributed by atoms with Crippen LogP contribution in [0.25, 0.3) is 0 Å². The van der Waals surface area contributed by atoms with E-state index < -0.39 is 6.04 Å². The van der Waals surface area contributed by atoms with Gasteiger partial charge in [-0.1, -0.05) is 0 Å². The zero-order chi connectivity index (χ0) is 13.1. The highest BCUT2D eigenvalue weighted by Crippen LogP contribution is 2.28. The van der Waals surface area contributed by atoms with Crippen LogP contribution < -0.4 is 5.32 Å². The molecule has 1 amide bonds. The molecule has 2 rings (SSSR count). The van der Waals surface area contributed by atoms with Gasteiger partial charge in [0.05, 0.1) is 12.8 Å². The lowest BCUT2D eigenvalue weighted by atomic mass is 9.94. The Morgan fingerprint density at radius 2 is 2.39 bits per heavy atom. The van der Waals surface area contributed by atoms with Crippen LogP contribution in [0.5, 0.6) is 0 Å². The van der Waals surface area contributed by atoms with Gasteiger partial charge in [0.25, 0.3) is 0 Å². The molecule has 0 radical (unpaired) electrons. The monoisotopic (exact) mass is 251 g/mol. The molecule has 18 heavy (non-hydrogen) atoms. The first-order valence-corrected chi connectivity index (χ1v) is 6.14. The number of nitrogens with zero attached hydrogens (tertiary/aromatic N) is 2. The van der Waals surface area contributed by atoms with Gasteiger partial charge >= 0.3 is 5.97 Å². The molecule has 6 nitrogen and oxygen atoms in total. The summed E-state index contributed by atoms with van der Waals surface area (Å²) in [4.78, 5) is 23.3. The highest BCUT2D eigenvalue weighted by atomic mass is 16.5. The molecule has 1 aliphatic rings. The number of hydrogen-bond acceptors (Lipinski definition) is 4. The number of ether oxygens (including phenoxy) is 1. The average molecular weight is 251 g/mol. The van der Waals surface area contributed by atoms with Crippen molar-refractivity contribution in [2.75, 3.05) is 6.61 Å². The zero-order valence-corrected chi connectivity index (χ0v) is 10.5. The second kappa shape index (κ2) is 5.20. The molecule has 98 valence electrons. The maximum Gasteiger partial charge on any atom is 0.329 e. The van der Waals surface area contributed by atoms with Crippen LogP contribution in [0.4, 0.5) is 0 Å². The molecule has 0 spiro atoms. The number of rotatable bonds is 4. The van der Waals surface area contributed by atoms with E-state index in [9.17, 15) is 9.59 Å². The smallest absolute Gasteiger partial charge is 0.329 e. The van der Waals surface area contributed by atoms with Gasteiger partial charge < -0.3 is 10.1 Å². The van der Waals surface area contributed by atoms with Gasteiger partial charge in [-0.2, -0.15) is 5.10 Å². The summed E-state index contributed by atoms with van der Waals surface area (Å²) < 4.78 is 6.76. The summed E-state index contributed by atoms with van der Waals surface area (Å²) in [6, 6.07) is -0.591. The SMILES string of the molecule is CCOC(=O)C1NC(=O)CC1c1cnn(CC)c1. The third kappa shape index (κ3) is 2.37. The van der Waals surface area contributed by atoms with E-state index in [4.69, 9.17) is 4.74 Å². The molecule has 0 aromatic carbocycles. The van der Waals surface area contributed by atoms with Crippen LogP contribution in [0.15, 0.2) is 12.4 Å². The van der Waals surface area contributed by atoms with E-state index in [1.165, 1.54) is 0 Å². The molecule has 0 bridgehead atoms. The molecule has 1 fully saturated rings. The second-order valence-electron chi connectivity index (χ2n) is 4.24. The minimum Gasteiger partial charge on any atom is -0.464 e. The number of aryl methyl sites for hydroxylation is 1. The lowest BCUT2D eigenvalue weighted by Gasteiger charge is -2.15. The fraction of sp³-hybridized carbons (Fsp3) is 0.583. The fourth-order valence-corrected chi connectivity index (χ4v) is 2.16. The minimum absolute atomic E-state index is 0.123. The largest absolute Gasteiger partial charge is 0.464 e. The molecule has 1 aromatic heterocycles. The van der Waals surface area contributed by atoms with Crippen molar-refractivity contribution in [3.8, 4) is 0 Å². The number of carbonyl (C=O) groups is 2. The van der Waals surface area contributed by atoms with Gasteiger partial charge in [-0.3, -0.25) is 9.48 Å². The fourth-order valence-electron chi connectivity index (χ4n) is 2.16. The Morgan fingerprint density at radius 1 is 1.61 bits per heavy atom. The van der Waals surface area contributed by atoms with Gasteiger partial charge in [-0.25, -0.2) is 4.79 Å². The Kier molecular flexibility index (Phi) is 3.64. The van der Waals surface area contributed by atoms with Crippen molar-refractivity contribution in [3.05, 3.63) is 18.0 Å². The Balaban J connectivity index is 2.18. The molecule has 2 heterocycles. The summed E-state index contributed by atoms with van der Waals surface area (Å²) in [7, 11) is 0. The zero-order valence-electron chi connectivity index (χ0n) is 10.5.